The number of hydrogen-bond donors (Lipinski definition) is 3. The second-order valence-electron chi connectivity index (χ2n) is 12.7. The molecule has 48 heavy (non-hydrogen) atoms. The maximum absolute atomic E-state index is 12.5. The van der Waals surface area contributed by atoms with Crippen LogP contribution in [0.2, 0.25) is 0 Å². The lowest BCUT2D eigenvalue weighted by atomic mass is 10.1. The highest BCUT2D eigenvalue weighted by Crippen LogP contribution is 2.43. The number of aliphatic carboxylic acids is 1. The normalized spacial score (nSPS) is 14.1. The van der Waals surface area contributed by atoms with Crippen molar-refractivity contribution in [3.05, 3.63) is 12.2 Å². The summed E-state index contributed by atoms with van der Waals surface area (Å²) in [5.41, 5.74) is 5.31. The van der Waals surface area contributed by atoms with E-state index < -0.39 is 51.1 Å². The molecule has 0 spiro atoms. The van der Waals surface area contributed by atoms with Crippen LogP contribution in [0, 0.1) is 0 Å². The van der Waals surface area contributed by atoms with E-state index in [2.05, 4.69) is 30.5 Å². The molecule has 0 aliphatic rings. The monoisotopic (exact) mass is 705 g/mol. The first-order valence-electron chi connectivity index (χ1n) is 18.7. The van der Waals surface area contributed by atoms with Crippen molar-refractivity contribution in [1.82, 2.24) is 0 Å². The minimum atomic E-state index is -4.70. The third-order valence-electron chi connectivity index (χ3n) is 8.01. The van der Waals surface area contributed by atoms with E-state index in [1.165, 1.54) is 70.6 Å². The number of carbonyl (C=O) groups excluding carboxylic acids is 2. The fraction of sp³-hybridized carbons (Fsp3) is 0.861. The maximum atomic E-state index is 12.5. The second-order valence-corrected chi connectivity index (χ2v) is 14.2. The number of phosphoric ester groups is 1. The number of ether oxygens (including phenoxy) is 2. The van der Waals surface area contributed by atoms with Gasteiger partial charge in [0.15, 0.2) is 6.10 Å². The van der Waals surface area contributed by atoms with E-state index >= 15 is 0 Å². The van der Waals surface area contributed by atoms with E-state index in [1.54, 1.807) is 0 Å². The predicted molar refractivity (Wildman–Crippen MR) is 189 cm³/mol. The standard InChI is InChI=1S/C36H68NO10P/c1-3-5-7-9-11-13-15-16-17-18-20-21-23-25-27-34(38)44-29-32(30-45-48(42,43)46-31-33(37)36(40)41)47-35(39)28-26-24-22-19-14-12-10-8-6-4-2/h15-16,32-33H,3-14,17-31,37H2,1-2H3,(H,40,41)(H,42,43)/b16-15+/t32-,33+/m0/s1. The fourth-order valence-electron chi connectivity index (χ4n) is 5.00. The van der Waals surface area contributed by atoms with Crippen molar-refractivity contribution >= 4 is 25.7 Å². The number of rotatable bonds is 35. The van der Waals surface area contributed by atoms with Gasteiger partial charge in [0, 0.05) is 12.8 Å². The largest absolute Gasteiger partial charge is 0.480 e. The highest BCUT2D eigenvalue weighted by Gasteiger charge is 2.28. The summed E-state index contributed by atoms with van der Waals surface area (Å²) in [6, 6.07) is -1.52. The maximum Gasteiger partial charge on any atom is 0.472 e. The average Bonchev–Trinajstić information content (AvgIpc) is 3.05. The van der Waals surface area contributed by atoms with Crippen LogP contribution < -0.4 is 5.73 Å². The quantitative estimate of drug-likeness (QED) is 0.0249. The van der Waals surface area contributed by atoms with E-state index in [1.807, 2.05) is 0 Å². The number of phosphoric acid groups is 1. The molecule has 0 heterocycles. The van der Waals surface area contributed by atoms with Gasteiger partial charge in [-0.2, -0.15) is 0 Å². The number of nitrogens with two attached hydrogens (primary N) is 1. The van der Waals surface area contributed by atoms with Crippen molar-refractivity contribution in [1.29, 1.82) is 0 Å². The van der Waals surface area contributed by atoms with Gasteiger partial charge in [0.05, 0.1) is 13.2 Å². The van der Waals surface area contributed by atoms with Gasteiger partial charge in [0.25, 0.3) is 0 Å². The van der Waals surface area contributed by atoms with Crippen LogP contribution in [0.5, 0.6) is 0 Å². The molecule has 0 amide bonds. The molecule has 4 N–H and O–H groups in total. The molecule has 0 aliphatic carbocycles. The molecule has 0 rings (SSSR count). The van der Waals surface area contributed by atoms with Crippen LogP contribution in [0.15, 0.2) is 12.2 Å². The van der Waals surface area contributed by atoms with E-state index in [0.29, 0.717) is 12.8 Å². The van der Waals surface area contributed by atoms with Crippen LogP contribution in [0.25, 0.3) is 0 Å². The smallest absolute Gasteiger partial charge is 0.472 e. The van der Waals surface area contributed by atoms with Gasteiger partial charge < -0.3 is 25.2 Å². The average molecular weight is 706 g/mol. The van der Waals surface area contributed by atoms with Gasteiger partial charge in [-0.25, -0.2) is 4.57 Å². The minimum absolute atomic E-state index is 0.163. The summed E-state index contributed by atoms with van der Waals surface area (Å²) in [5, 5.41) is 8.84. The molecular formula is C36H68NO10P. The number of unbranched alkanes of at least 4 members (excludes halogenated alkanes) is 19. The molecule has 0 saturated heterocycles. The molecule has 1 unspecified atom stereocenters. The zero-order valence-corrected chi connectivity index (χ0v) is 31.0. The van der Waals surface area contributed by atoms with Gasteiger partial charge in [0.1, 0.15) is 12.6 Å². The van der Waals surface area contributed by atoms with Gasteiger partial charge >= 0.3 is 25.7 Å². The van der Waals surface area contributed by atoms with Crippen LogP contribution in [-0.2, 0) is 37.5 Å². The number of carboxylic acid groups (broad SMARTS) is 1. The molecule has 3 atom stereocenters. The van der Waals surface area contributed by atoms with Crippen LogP contribution in [0.4, 0.5) is 0 Å². The van der Waals surface area contributed by atoms with Crippen LogP contribution >= 0.6 is 7.82 Å². The van der Waals surface area contributed by atoms with Crippen LogP contribution in [0.3, 0.4) is 0 Å². The zero-order chi connectivity index (χ0) is 35.7. The highest BCUT2D eigenvalue weighted by molar-refractivity contribution is 7.47. The fourth-order valence-corrected chi connectivity index (χ4v) is 5.78. The molecule has 0 aromatic carbocycles. The van der Waals surface area contributed by atoms with E-state index in [9.17, 15) is 23.8 Å². The summed E-state index contributed by atoms with van der Waals surface area (Å²) in [4.78, 5) is 45.6. The van der Waals surface area contributed by atoms with Gasteiger partial charge in [-0.3, -0.25) is 23.4 Å². The van der Waals surface area contributed by atoms with Gasteiger partial charge in [0.2, 0.25) is 0 Å². The van der Waals surface area contributed by atoms with Gasteiger partial charge in [-0.1, -0.05) is 129 Å². The lowest BCUT2D eigenvalue weighted by Crippen LogP contribution is -2.34. The van der Waals surface area contributed by atoms with Crippen molar-refractivity contribution < 1.29 is 47.5 Å². The Balaban J connectivity index is 4.44. The Kier molecular flexibility index (Phi) is 31.2. The summed E-state index contributed by atoms with van der Waals surface area (Å²) >= 11 is 0. The molecule has 0 aliphatic heterocycles. The summed E-state index contributed by atoms with van der Waals surface area (Å²) in [6.45, 7) is 2.75. The molecular weight excluding hydrogens is 637 g/mol. The molecule has 0 bridgehead atoms. The zero-order valence-electron chi connectivity index (χ0n) is 30.1. The first kappa shape index (κ1) is 46.2. The Morgan fingerprint density at radius 1 is 0.625 bits per heavy atom. The number of carbonyl (C=O) groups is 3. The third kappa shape index (κ3) is 31.5. The van der Waals surface area contributed by atoms with Crippen molar-refractivity contribution in [3.8, 4) is 0 Å². The number of allylic oxidation sites excluding steroid dienone is 2. The van der Waals surface area contributed by atoms with E-state index in [4.69, 9.17) is 24.8 Å². The molecule has 0 aromatic heterocycles. The predicted octanol–water partition coefficient (Wildman–Crippen LogP) is 8.95. The Labute approximate surface area is 290 Å². The van der Waals surface area contributed by atoms with E-state index in [0.717, 1.165) is 57.8 Å². The molecule has 0 aromatic rings. The van der Waals surface area contributed by atoms with Crippen LogP contribution in [-0.4, -0.2) is 59.9 Å². The second kappa shape index (κ2) is 32.4. The Hall–Kier alpha value is -1.78. The number of esters is 2. The molecule has 282 valence electrons. The van der Waals surface area contributed by atoms with Crippen molar-refractivity contribution in [2.24, 2.45) is 5.73 Å². The summed E-state index contributed by atoms with van der Waals surface area (Å²) in [6.07, 6.45) is 28.6. The van der Waals surface area contributed by atoms with Gasteiger partial charge in [-0.15, -0.1) is 0 Å². The molecule has 12 heteroatoms. The lowest BCUT2D eigenvalue weighted by Gasteiger charge is -2.20. The molecule has 0 saturated carbocycles. The summed E-state index contributed by atoms with van der Waals surface area (Å²) < 4.78 is 32.5. The summed E-state index contributed by atoms with van der Waals surface area (Å²) in [7, 11) is -4.70. The van der Waals surface area contributed by atoms with Gasteiger partial charge in [-0.05, 0) is 38.5 Å². The highest BCUT2D eigenvalue weighted by atomic mass is 31.2. The topological polar surface area (TPSA) is 172 Å². The lowest BCUT2D eigenvalue weighted by molar-refractivity contribution is -0.161. The van der Waals surface area contributed by atoms with E-state index in [-0.39, 0.29) is 19.4 Å². The molecule has 0 fully saturated rings. The minimum Gasteiger partial charge on any atom is -0.480 e. The third-order valence-corrected chi connectivity index (χ3v) is 8.96. The molecule has 11 nitrogen and oxygen atoms in total. The first-order valence-corrected chi connectivity index (χ1v) is 20.2. The number of carboxylic acids is 1. The van der Waals surface area contributed by atoms with Crippen LogP contribution in [0.1, 0.15) is 168 Å². The van der Waals surface area contributed by atoms with Crippen molar-refractivity contribution in [2.45, 2.75) is 180 Å². The van der Waals surface area contributed by atoms with Crippen molar-refractivity contribution in [3.63, 3.8) is 0 Å². The summed E-state index contributed by atoms with van der Waals surface area (Å²) in [5.74, 6) is -2.39. The SMILES string of the molecule is CCCCCCC/C=C/CCCCCCCC(=O)OC[C@@H](COP(=O)(O)OC[C@@H](N)C(=O)O)OC(=O)CCCCCCCCCCCC. The Bertz CT molecular complexity index is 885. The molecule has 0 radical (unpaired) electrons. The Morgan fingerprint density at radius 2 is 1.04 bits per heavy atom. The Morgan fingerprint density at radius 3 is 1.52 bits per heavy atom. The first-order chi connectivity index (χ1) is 23.1. The number of hydrogen-bond acceptors (Lipinski definition) is 9. The van der Waals surface area contributed by atoms with Crippen molar-refractivity contribution in [2.75, 3.05) is 19.8 Å².